The molecule has 13 rings (SSSR count). The van der Waals surface area contributed by atoms with Gasteiger partial charge in [-0.15, -0.1) is 0 Å². The number of fused-ring (bicyclic) bond motifs is 2. The molecular weight excluding hydrogens is 993 g/mol. The maximum absolute atomic E-state index is 12.1. The molecule has 3 saturated carbocycles. The molecule has 0 radical (unpaired) electrons. The van der Waals surface area contributed by atoms with Gasteiger partial charge >= 0.3 is 23.9 Å². The van der Waals surface area contributed by atoms with Crippen molar-refractivity contribution in [2.24, 2.45) is 23.7 Å². The Morgan fingerprint density at radius 3 is 1.13 bits per heavy atom. The average Bonchev–Trinajstić information content (AvgIpc) is 4.25. The van der Waals surface area contributed by atoms with Crippen LogP contribution in [0.1, 0.15) is 101 Å². The number of epoxide rings is 8. The minimum Gasteiger partial charge on any atom is -0.465 e. The first kappa shape index (κ1) is 54.6. The van der Waals surface area contributed by atoms with Gasteiger partial charge in [0, 0.05) is 50.4 Å². The molecular formula is C59H80N2O16. The molecule has 14 unspecified atom stereocenters. The number of anilines is 2. The summed E-state index contributed by atoms with van der Waals surface area (Å²) in [5, 5.41) is 0. The number of hydrogen-bond acceptors (Lipinski definition) is 18. The Balaban J connectivity index is 0.000000126. The van der Waals surface area contributed by atoms with Crippen molar-refractivity contribution in [3.8, 4) is 0 Å². The van der Waals surface area contributed by atoms with Crippen molar-refractivity contribution >= 4 is 35.3 Å². The van der Waals surface area contributed by atoms with E-state index in [1.807, 2.05) is 0 Å². The molecule has 0 N–H and O–H groups in total. The van der Waals surface area contributed by atoms with E-state index in [4.69, 9.17) is 56.8 Å². The van der Waals surface area contributed by atoms with Crippen LogP contribution in [-0.2, 0) is 82.4 Å². The van der Waals surface area contributed by atoms with Crippen LogP contribution >= 0.6 is 0 Å². The van der Waals surface area contributed by atoms with Crippen molar-refractivity contribution in [1.82, 2.24) is 0 Å². The highest BCUT2D eigenvalue weighted by Gasteiger charge is 2.45. The zero-order valence-corrected chi connectivity index (χ0v) is 44.6. The minimum absolute atomic E-state index is 0.0555. The largest absolute Gasteiger partial charge is 0.465 e. The molecule has 2 aromatic rings. The molecule has 11 fully saturated rings. The molecule has 2 aromatic carbocycles. The van der Waals surface area contributed by atoms with Crippen LogP contribution < -0.4 is 9.80 Å². The number of carbonyl (C=O) groups is 4. The second-order valence-electron chi connectivity index (χ2n) is 23.2. The normalized spacial score (nSPS) is 32.8. The molecule has 77 heavy (non-hydrogen) atoms. The van der Waals surface area contributed by atoms with Gasteiger partial charge in [-0.3, -0.25) is 19.2 Å². The van der Waals surface area contributed by atoms with Crippen LogP contribution in [-0.4, -0.2) is 177 Å². The van der Waals surface area contributed by atoms with Crippen molar-refractivity contribution < 1.29 is 76.0 Å². The zero-order chi connectivity index (χ0) is 52.5. The number of rotatable bonds is 27. The Morgan fingerprint density at radius 1 is 0.429 bits per heavy atom. The lowest BCUT2D eigenvalue weighted by molar-refractivity contribution is -0.163. The zero-order valence-electron chi connectivity index (χ0n) is 44.6. The summed E-state index contributed by atoms with van der Waals surface area (Å²) >= 11 is 0. The summed E-state index contributed by atoms with van der Waals surface area (Å²) in [6.45, 7) is 10.3. The lowest BCUT2D eigenvalue weighted by atomic mass is 9.79. The summed E-state index contributed by atoms with van der Waals surface area (Å²) < 4.78 is 64.0. The molecule has 14 atom stereocenters. The SMILES string of the molecule is O=C(CCCCC(=O)OCC1CCC2OC2C1)OCC1CCC2OC2C1.O=C(OCC1CO1)C1CCCCC1C(=O)OCC1CO1.c1cc(N(CC2CO2)CC2CO2)ccc1Cc1ccc(N(CC2CO2)CC2CO2)cc1. The lowest BCUT2D eigenvalue weighted by Gasteiger charge is -2.28. The van der Waals surface area contributed by atoms with Crippen molar-refractivity contribution in [3.05, 3.63) is 59.7 Å². The molecule has 8 saturated heterocycles. The van der Waals surface area contributed by atoms with Gasteiger partial charge in [-0.2, -0.15) is 0 Å². The predicted molar refractivity (Wildman–Crippen MR) is 278 cm³/mol. The summed E-state index contributed by atoms with van der Waals surface area (Å²) in [5.74, 6) is -0.709. The van der Waals surface area contributed by atoms with Gasteiger partial charge in [-0.25, -0.2) is 0 Å². The minimum atomic E-state index is -0.366. The highest BCUT2D eigenvalue weighted by molar-refractivity contribution is 5.82. The molecule has 0 amide bonds. The number of ether oxygens (including phenoxy) is 12. The highest BCUT2D eigenvalue weighted by Crippen LogP contribution is 2.41. The second kappa shape index (κ2) is 26.2. The van der Waals surface area contributed by atoms with E-state index in [0.29, 0.717) is 139 Å². The van der Waals surface area contributed by atoms with E-state index < -0.39 is 0 Å². The third-order valence-electron chi connectivity index (χ3n) is 16.5. The van der Waals surface area contributed by atoms with Crippen LogP contribution in [0, 0.1) is 23.7 Å². The second-order valence-corrected chi connectivity index (χ2v) is 23.2. The number of carbonyl (C=O) groups excluding carboxylic acids is 4. The topological polar surface area (TPSA) is 212 Å². The van der Waals surface area contributed by atoms with E-state index in [2.05, 4.69) is 58.3 Å². The van der Waals surface area contributed by atoms with Gasteiger partial charge in [-0.1, -0.05) is 37.1 Å². The highest BCUT2D eigenvalue weighted by atomic mass is 16.6. The van der Waals surface area contributed by atoms with Crippen molar-refractivity contribution in [2.45, 2.75) is 157 Å². The number of nitrogens with zero attached hydrogens (tertiary/aromatic N) is 2. The molecule has 18 heteroatoms. The summed E-state index contributed by atoms with van der Waals surface area (Å²) in [7, 11) is 0. The van der Waals surface area contributed by atoms with Gasteiger partial charge in [-0.05, 0) is 118 Å². The number of unbranched alkanes of at least 4 members (excludes halogenated alkanes) is 1. The van der Waals surface area contributed by atoms with E-state index in [1.165, 1.54) is 22.5 Å². The molecule has 11 aliphatic rings. The van der Waals surface area contributed by atoms with E-state index >= 15 is 0 Å². The number of hydrogen-bond donors (Lipinski definition) is 0. The first-order valence-corrected chi connectivity index (χ1v) is 29.0. The van der Waals surface area contributed by atoms with Crippen molar-refractivity contribution in [1.29, 1.82) is 0 Å². The van der Waals surface area contributed by atoms with E-state index in [9.17, 15) is 19.2 Å². The van der Waals surface area contributed by atoms with Gasteiger partial charge in [0.05, 0.1) is 114 Å². The van der Waals surface area contributed by atoms with Crippen molar-refractivity contribution in [2.75, 3.05) is 102 Å². The monoisotopic (exact) mass is 1070 g/mol. The standard InChI is InChI=1S/C25H30N2O4.C20H30O6.C14H20O6/c1-5-20(26(10-22-14-28-22)11-23-15-29-23)6-2-18(1)9-19-3-7-21(8-4-19)27(12-24-16-30-24)13-25-17-31-25;21-19(23-11-13-5-7-15-17(9-13)25-15)3-1-2-4-20(22)24-12-14-6-8-16-18(10-14)26-16;15-13(19-7-9-5-17-9)11-3-1-2-4-12(11)14(16)20-8-10-6-18-10/h1-8,22-25H,9-17H2;13-18H,1-12H2;9-12H,1-8H2. The van der Waals surface area contributed by atoms with Crippen LogP contribution in [0.25, 0.3) is 0 Å². The summed E-state index contributed by atoms with van der Waals surface area (Å²) in [5.41, 5.74) is 5.17. The van der Waals surface area contributed by atoms with Crippen molar-refractivity contribution in [3.63, 3.8) is 0 Å². The smallest absolute Gasteiger partial charge is 0.309 e. The van der Waals surface area contributed by atoms with E-state index in [0.717, 1.165) is 110 Å². The van der Waals surface area contributed by atoms with Gasteiger partial charge in [0.25, 0.3) is 0 Å². The summed E-state index contributed by atoms with van der Waals surface area (Å²) in [6, 6.07) is 17.9. The van der Waals surface area contributed by atoms with Crippen LogP contribution in [0.5, 0.6) is 0 Å². The Labute approximate surface area is 452 Å². The fraction of sp³-hybridized carbons (Fsp3) is 0.729. The van der Waals surface area contributed by atoms with Crippen LogP contribution in [0.15, 0.2) is 48.5 Å². The first-order chi connectivity index (χ1) is 37.7. The third-order valence-corrected chi connectivity index (χ3v) is 16.5. The Kier molecular flexibility index (Phi) is 18.6. The Morgan fingerprint density at radius 2 is 0.792 bits per heavy atom. The fourth-order valence-electron chi connectivity index (χ4n) is 11.1. The molecule has 422 valence electrons. The molecule has 3 aliphatic carbocycles. The maximum Gasteiger partial charge on any atom is 0.309 e. The first-order valence-electron chi connectivity index (χ1n) is 29.0. The summed E-state index contributed by atoms with van der Waals surface area (Å²) in [6.07, 6.45) is 16.3. The third kappa shape index (κ3) is 18.3. The quantitative estimate of drug-likeness (QED) is 0.0439. The molecule has 18 nitrogen and oxygen atoms in total. The van der Waals surface area contributed by atoms with E-state index in [-0.39, 0.29) is 47.9 Å². The van der Waals surface area contributed by atoms with Gasteiger partial charge in [0.1, 0.15) is 25.4 Å². The van der Waals surface area contributed by atoms with Gasteiger partial charge < -0.3 is 66.6 Å². The Hall–Kier alpha value is -4.40. The Bertz CT molecular complexity index is 2060. The molecule has 0 spiro atoms. The fourth-order valence-corrected chi connectivity index (χ4v) is 11.1. The maximum atomic E-state index is 12.1. The molecule has 8 heterocycles. The number of benzene rings is 2. The van der Waals surface area contributed by atoms with Gasteiger partial charge in [0.15, 0.2) is 0 Å². The number of esters is 4. The molecule has 0 bridgehead atoms. The lowest BCUT2D eigenvalue weighted by Crippen LogP contribution is -2.35. The predicted octanol–water partition coefficient (Wildman–Crippen LogP) is 5.93. The van der Waals surface area contributed by atoms with Crippen LogP contribution in [0.3, 0.4) is 0 Å². The van der Waals surface area contributed by atoms with Gasteiger partial charge in [0.2, 0.25) is 0 Å². The average molecular weight is 1070 g/mol. The molecule has 8 aliphatic heterocycles. The van der Waals surface area contributed by atoms with Crippen LogP contribution in [0.2, 0.25) is 0 Å². The van der Waals surface area contributed by atoms with Crippen LogP contribution in [0.4, 0.5) is 11.4 Å². The molecule has 0 aromatic heterocycles. The van der Waals surface area contributed by atoms with E-state index in [1.54, 1.807) is 0 Å². The summed E-state index contributed by atoms with van der Waals surface area (Å²) in [4.78, 5) is 52.6.